The lowest BCUT2D eigenvalue weighted by Gasteiger charge is -2.38. The van der Waals surface area contributed by atoms with Crippen LogP contribution in [0.2, 0.25) is 0 Å². The molecule has 2 aromatic rings. The van der Waals surface area contributed by atoms with Crippen LogP contribution in [-0.4, -0.2) is 48.9 Å². The zero-order valence-electron chi connectivity index (χ0n) is 14.6. The van der Waals surface area contributed by atoms with Crippen LogP contribution in [0.1, 0.15) is 6.42 Å². The Hall–Kier alpha value is -2.80. The molecule has 140 valence electrons. The van der Waals surface area contributed by atoms with Crippen molar-refractivity contribution >= 4 is 23.2 Å². The highest BCUT2D eigenvalue weighted by molar-refractivity contribution is 6.22. The van der Waals surface area contributed by atoms with Crippen LogP contribution in [0, 0.1) is 11.6 Å². The summed E-state index contributed by atoms with van der Waals surface area (Å²) in [7, 11) is 0. The molecule has 2 saturated heterocycles. The molecule has 0 N–H and O–H groups in total. The molecule has 1 atom stereocenters. The number of benzene rings is 2. The summed E-state index contributed by atoms with van der Waals surface area (Å²) in [6, 6.07) is 11.4. The van der Waals surface area contributed by atoms with Gasteiger partial charge in [0.15, 0.2) is 0 Å². The first-order valence-corrected chi connectivity index (χ1v) is 8.90. The van der Waals surface area contributed by atoms with Gasteiger partial charge in [-0.25, -0.2) is 13.7 Å². The molecule has 0 spiro atoms. The molecule has 2 aliphatic rings. The lowest BCUT2D eigenvalue weighted by molar-refractivity contribution is -0.123. The maximum Gasteiger partial charge on any atom is 0.251 e. The summed E-state index contributed by atoms with van der Waals surface area (Å²) < 4.78 is 27.1. The van der Waals surface area contributed by atoms with Crippen molar-refractivity contribution in [2.24, 2.45) is 0 Å². The van der Waals surface area contributed by atoms with Gasteiger partial charge in [-0.05, 0) is 36.4 Å². The van der Waals surface area contributed by atoms with Crippen molar-refractivity contribution in [3.63, 3.8) is 0 Å². The van der Waals surface area contributed by atoms with Crippen molar-refractivity contribution in [3.8, 4) is 0 Å². The number of nitrogens with zero attached hydrogens (tertiary/aromatic N) is 3. The van der Waals surface area contributed by atoms with E-state index in [9.17, 15) is 18.4 Å². The standard InChI is InChI=1S/C20H19F2N3O2/c21-14-5-7-15(8-6-14)25-19(26)13-18(20(25)27)24-11-9-23(10-12-24)17-4-2-1-3-16(17)22/h1-8,18H,9-13H2/t18-/m1/s1. The number of hydrogen-bond acceptors (Lipinski definition) is 4. The lowest BCUT2D eigenvalue weighted by atomic mass is 10.1. The fourth-order valence-corrected chi connectivity index (χ4v) is 3.75. The fraction of sp³-hybridized carbons (Fsp3) is 0.300. The van der Waals surface area contributed by atoms with Gasteiger partial charge < -0.3 is 4.90 Å². The fourth-order valence-electron chi connectivity index (χ4n) is 3.75. The summed E-state index contributed by atoms with van der Waals surface area (Å²) in [4.78, 5) is 30.2. The van der Waals surface area contributed by atoms with E-state index < -0.39 is 11.9 Å². The molecule has 0 radical (unpaired) electrons. The minimum atomic E-state index is -0.523. The van der Waals surface area contributed by atoms with Gasteiger partial charge in [0, 0.05) is 26.2 Å². The van der Waals surface area contributed by atoms with Crippen LogP contribution in [0.5, 0.6) is 0 Å². The molecule has 0 unspecified atom stereocenters. The van der Waals surface area contributed by atoms with Crippen LogP contribution in [0.25, 0.3) is 0 Å². The molecule has 4 rings (SSSR count). The van der Waals surface area contributed by atoms with Crippen LogP contribution in [0.15, 0.2) is 48.5 Å². The lowest BCUT2D eigenvalue weighted by Crippen LogP contribution is -2.52. The second-order valence-electron chi connectivity index (χ2n) is 6.74. The highest BCUT2D eigenvalue weighted by Crippen LogP contribution is 2.27. The van der Waals surface area contributed by atoms with E-state index in [1.807, 2.05) is 9.80 Å². The first kappa shape index (κ1) is 17.6. The number of carbonyl (C=O) groups is 2. The molecule has 2 fully saturated rings. The molecule has 2 aromatic carbocycles. The van der Waals surface area contributed by atoms with Gasteiger partial charge in [0.2, 0.25) is 5.91 Å². The molecule has 5 nitrogen and oxygen atoms in total. The SMILES string of the molecule is O=C1C[C@@H](N2CCN(c3ccccc3F)CC2)C(=O)N1c1ccc(F)cc1. The van der Waals surface area contributed by atoms with Gasteiger partial charge in [-0.2, -0.15) is 0 Å². The summed E-state index contributed by atoms with van der Waals surface area (Å²) in [6.07, 6.45) is 0.107. The maximum absolute atomic E-state index is 14.0. The Kier molecular flexibility index (Phi) is 4.61. The monoisotopic (exact) mass is 371 g/mol. The second kappa shape index (κ2) is 7.08. The zero-order chi connectivity index (χ0) is 19.0. The first-order valence-electron chi connectivity index (χ1n) is 8.90. The smallest absolute Gasteiger partial charge is 0.251 e. The number of amides is 2. The Bertz CT molecular complexity index is 864. The Morgan fingerprint density at radius 1 is 0.852 bits per heavy atom. The predicted octanol–water partition coefficient (Wildman–Crippen LogP) is 2.42. The van der Waals surface area contributed by atoms with Gasteiger partial charge in [-0.15, -0.1) is 0 Å². The van der Waals surface area contributed by atoms with E-state index in [2.05, 4.69) is 0 Å². The first-order chi connectivity index (χ1) is 13.0. The zero-order valence-corrected chi connectivity index (χ0v) is 14.6. The van der Waals surface area contributed by atoms with Crippen molar-refractivity contribution in [3.05, 3.63) is 60.2 Å². The number of hydrogen-bond donors (Lipinski definition) is 0. The molecule has 7 heteroatoms. The summed E-state index contributed by atoms with van der Waals surface area (Å²) in [5.41, 5.74) is 0.942. The molecule has 2 aliphatic heterocycles. The van der Waals surface area contributed by atoms with E-state index in [0.717, 1.165) is 4.90 Å². The van der Waals surface area contributed by atoms with Gasteiger partial charge >= 0.3 is 0 Å². The molecule has 0 aliphatic carbocycles. The van der Waals surface area contributed by atoms with Crippen molar-refractivity contribution in [1.29, 1.82) is 0 Å². The van der Waals surface area contributed by atoms with Crippen molar-refractivity contribution in [2.45, 2.75) is 12.5 Å². The highest BCUT2D eigenvalue weighted by Gasteiger charge is 2.43. The maximum atomic E-state index is 14.0. The quantitative estimate of drug-likeness (QED) is 0.778. The normalized spacial score (nSPS) is 21.2. The van der Waals surface area contributed by atoms with Crippen LogP contribution in [-0.2, 0) is 9.59 Å². The van der Waals surface area contributed by atoms with Gasteiger partial charge in [0.1, 0.15) is 11.6 Å². The molecular formula is C20H19F2N3O2. The molecule has 2 heterocycles. The predicted molar refractivity (Wildman–Crippen MR) is 97.5 cm³/mol. The number of anilines is 2. The third kappa shape index (κ3) is 3.30. The minimum absolute atomic E-state index is 0.107. The number of halogens is 2. The van der Waals surface area contributed by atoms with Gasteiger partial charge in [-0.1, -0.05) is 12.1 Å². The van der Waals surface area contributed by atoms with Crippen molar-refractivity contribution < 1.29 is 18.4 Å². The van der Waals surface area contributed by atoms with Gasteiger partial charge in [0.05, 0.1) is 23.8 Å². The minimum Gasteiger partial charge on any atom is -0.367 e. The Balaban J connectivity index is 1.44. The number of piperazine rings is 1. The Morgan fingerprint density at radius 2 is 1.52 bits per heavy atom. The van der Waals surface area contributed by atoms with Crippen LogP contribution < -0.4 is 9.80 Å². The van der Waals surface area contributed by atoms with E-state index in [1.165, 1.54) is 30.3 Å². The number of para-hydroxylation sites is 1. The van der Waals surface area contributed by atoms with Crippen molar-refractivity contribution in [1.82, 2.24) is 4.90 Å². The molecular weight excluding hydrogens is 352 g/mol. The molecule has 0 aromatic heterocycles. The number of carbonyl (C=O) groups excluding carboxylic acids is 2. The van der Waals surface area contributed by atoms with Crippen LogP contribution >= 0.6 is 0 Å². The second-order valence-corrected chi connectivity index (χ2v) is 6.74. The topological polar surface area (TPSA) is 43.9 Å². The Morgan fingerprint density at radius 3 is 2.19 bits per heavy atom. The summed E-state index contributed by atoms with van der Waals surface area (Å²) in [5, 5.41) is 0. The van der Waals surface area contributed by atoms with E-state index in [4.69, 9.17) is 0 Å². The third-order valence-corrected chi connectivity index (χ3v) is 5.16. The van der Waals surface area contributed by atoms with E-state index >= 15 is 0 Å². The average Bonchev–Trinajstić information content (AvgIpc) is 2.97. The van der Waals surface area contributed by atoms with E-state index in [0.29, 0.717) is 37.6 Å². The van der Waals surface area contributed by atoms with Gasteiger partial charge in [-0.3, -0.25) is 14.5 Å². The molecule has 27 heavy (non-hydrogen) atoms. The van der Waals surface area contributed by atoms with Gasteiger partial charge in [0.25, 0.3) is 5.91 Å². The van der Waals surface area contributed by atoms with E-state index in [-0.39, 0.29) is 24.1 Å². The largest absolute Gasteiger partial charge is 0.367 e. The summed E-state index contributed by atoms with van der Waals surface area (Å²) in [5.74, 6) is -1.25. The molecule has 2 amide bonds. The molecule has 0 bridgehead atoms. The summed E-state index contributed by atoms with van der Waals surface area (Å²) in [6.45, 7) is 2.29. The number of rotatable bonds is 3. The average molecular weight is 371 g/mol. The van der Waals surface area contributed by atoms with Crippen LogP contribution in [0.3, 0.4) is 0 Å². The van der Waals surface area contributed by atoms with Crippen LogP contribution in [0.4, 0.5) is 20.2 Å². The molecule has 0 saturated carbocycles. The Labute approximate surface area is 155 Å². The highest BCUT2D eigenvalue weighted by atomic mass is 19.1. The third-order valence-electron chi connectivity index (χ3n) is 5.16. The van der Waals surface area contributed by atoms with E-state index in [1.54, 1.807) is 18.2 Å². The summed E-state index contributed by atoms with van der Waals surface area (Å²) >= 11 is 0. The van der Waals surface area contributed by atoms with Crippen molar-refractivity contribution in [2.75, 3.05) is 36.0 Å². The number of imide groups is 1.